The van der Waals surface area contributed by atoms with Gasteiger partial charge in [-0.15, -0.1) is 0 Å². The van der Waals surface area contributed by atoms with Gasteiger partial charge in [0.1, 0.15) is 5.75 Å². The van der Waals surface area contributed by atoms with Gasteiger partial charge in [0, 0.05) is 18.5 Å². The molecule has 2 aliphatic heterocycles. The molecule has 0 spiro atoms. The van der Waals surface area contributed by atoms with Gasteiger partial charge >= 0.3 is 0 Å². The summed E-state index contributed by atoms with van der Waals surface area (Å²) in [5.74, 6) is 0.949. The third-order valence-electron chi connectivity index (χ3n) is 6.03. The van der Waals surface area contributed by atoms with Crippen molar-refractivity contribution in [2.24, 2.45) is 5.92 Å². The summed E-state index contributed by atoms with van der Waals surface area (Å²) in [4.78, 5) is 13.2. The quantitative estimate of drug-likeness (QED) is 0.711. The molecule has 28 heavy (non-hydrogen) atoms. The van der Waals surface area contributed by atoms with Crippen LogP contribution >= 0.6 is 0 Å². The predicted octanol–water partition coefficient (Wildman–Crippen LogP) is 2.23. The van der Waals surface area contributed by atoms with Gasteiger partial charge in [-0.3, -0.25) is 4.79 Å². The monoisotopic (exact) mass is 404 g/mol. The summed E-state index contributed by atoms with van der Waals surface area (Å²) in [7, 11) is -2.40. The van der Waals surface area contributed by atoms with E-state index in [1.54, 1.807) is 0 Å². The topological polar surface area (TPSA) is 84.5 Å². The minimum atomic E-state index is -2.40. The lowest BCUT2D eigenvalue weighted by atomic mass is 9.95. The summed E-state index contributed by atoms with van der Waals surface area (Å²) in [6.45, 7) is 3.06. The van der Waals surface area contributed by atoms with Crippen LogP contribution in [0.15, 0.2) is 12.1 Å². The second kappa shape index (κ2) is 8.25. The first-order chi connectivity index (χ1) is 13.5. The van der Waals surface area contributed by atoms with Gasteiger partial charge in [0.2, 0.25) is 5.05 Å². The predicted molar refractivity (Wildman–Crippen MR) is 108 cm³/mol. The maximum atomic E-state index is 13.2. The Bertz CT molecular complexity index is 891. The summed E-state index contributed by atoms with van der Waals surface area (Å²) in [5.41, 5.74) is 2.55. The molecule has 0 aromatic heterocycles. The first kappa shape index (κ1) is 19.5. The number of hydrogen-bond acceptors (Lipinski definition) is 5. The molecule has 1 amide bonds. The number of ether oxygens (including phenoxy) is 1. The van der Waals surface area contributed by atoms with E-state index in [0.717, 1.165) is 43.4 Å². The van der Waals surface area contributed by atoms with Gasteiger partial charge in [0.25, 0.3) is 16.2 Å². The van der Waals surface area contributed by atoms with Crippen LogP contribution in [0, 0.1) is 5.92 Å². The lowest BCUT2D eigenvalue weighted by molar-refractivity contribution is 0.0925. The number of aryl methyl sites for hydroxylation is 1. The molecule has 2 atom stereocenters. The highest BCUT2D eigenvalue weighted by Crippen LogP contribution is 2.36. The molecule has 2 unspecified atom stereocenters. The van der Waals surface area contributed by atoms with E-state index < -0.39 is 10.3 Å². The molecule has 1 aromatic rings. The van der Waals surface area contributed by atoms with Crippen molar-refractivity contribution in [2.45, 2.75) is 70.4 Å². The van der Waals surface area contributed by atoms with Crippen LogP contribution in [0.3, 0.4) is 0 Å². The number of carbonyl (C=O) groups excluding carboxylic acids is 1. The standard InChI is InChI=1S/C21H28N2O4S/c1-2-17(18-4-3-9-22-18)23-21(24)16-12-14(10-13-5-6-13)11-15-7-8-19(28(25)26)27-20(15)16/h11-13,17-18,22H,2-10H2,1H3,(H,23,24). The Morgan fingerprint density at radius 3 is 2.75 bits per heavy atom. The summed E-state index contributed by atoms with van der Waals surface area (Å²) in [5, 5.41) is 6.65. The minimum Gasteiger partial charge on any atom is -0.444 e. The Morgan fingerprint density at radius 2 is 2.11 bits per heavy atom. The smallest absolute Gasteiger partial charge is 0.255 e. The van der Waals surface area contributed by atoms with Crippen LogP contribution in [-0.4, -0.2) is 38.0 Å². The molecular weight excluding hydrogens is 376 g/mol. The molecule has 0 radical (unpaired) electrons. The van der Waals surface area contributed by atoms with Crippen molar-refractivity contribution in [1.82, 2.24) is 10.6 Å². The molecule has 2 heterocycles. The first-order valence-corrected chi connectivity index (χ1v) is 11.5. The van der Waals surface area contributed by atoms with Crippen molar-refractivity contribution in [3.8, 4) is 5.75 Å². The first-order valence-electron chi connectivity index (χ1n) is 10.4. The number of rotatable bonds is 6. The maximum Gasteiger partial charge on any atom is 0.255 e. The zero-order chi connectivity index (χ0) is 19.7. The normalized spacial score (nSPS) is 22.3. The number of hydrogen-bond donors (Lipinski definition) is 2. The molecule has 4 rings (SSSR count). The number of amides is 1. The van der Waals surface area contributed by atoms with Crippen LogP contribution < -0.4 is 15.4 Å². The van der Waals surface area contributed by atoms with Crippen molar-refractivity contribution in [3.05, 3.63) is 28.8 Å². The molecule has 1 saturated heterocycles. The average Bonchev–Trinajstić information content (AvgIpc) is 3.33. The Kier molecular flexibility index (Phi) is 5.73. The van der Waals surface area contributed by atoms with Gasteiger partial charge in [-0.25, -0.2) is 0 Å². The molecule has 1 aliphatic carbocycles. The van der Waals surface area contributed by atoms with Crippen LogP contribution in [0.4, 0.5) is 0 Å². The highest BCUT2D eigenvalue weighted by Gasteiger charge is 2.30. The van der Waals surface area contributed by atoms with Gasteiger partial charge in [-0.05, 0) is 74.6 Å². The fraction of sp³-hybridized carbons (Fsp3) is 0.619. The highest BCUT2D eigenvalue weighted by atomic mass is 32.2. The fourth-order valence-electron chi connectivity index (χ4n) is 4.31. The Labute approximate surface area is 167 Å². The lowest BCUT2D eigenvalue weighted by Crippen LogP contribution is -2.47. The van der Waals surface area contributed by atoms with Gasteiger partial charge in [0.05, 0.1) is 5.56 Å². The van der Waals surface area contributed by atoms with E-state index in [9.17, 15) is 13.2 Å². The molecule has 0 bridgehead atoms. The van der Waals surface area contributed by atoms with Crippen molar-refractivity contribution in [1.29, 1.82) is 0 Å². The van der Waals surface area contributed by atoms with Crippen molar-refractivity contribution in [2.75, 3.05) is 6.54 Å². The van der Waals surface area contributed by atoms with E-state index in [1.807, 2.05) is 6.07 Å². The summed E-state index contributed by atoms with van der Waals surface area (Å²) in [6.07, 6.45) is 7.41. The Balaban J connectivity index is 1.64. The van der Waals surface area contributed by atoms with E-state index in [-0.39, 0.29) is 23.0 Å². The maximum absolute atomic E-state index is 13.2. The Hall–Kier alpha value is -1.86. The third kappa shape index (κ3) is 4.25. The largest absolute Gasteiger partial charge is 0.444 e. The van der Waals surface area contributed by atoms with Crippen LogP contribution in [0.1, 0.15) is 66.9 Å². The summed E-state index contributed by atoms with van der Waals surface area (Å²) >= 11 is 0. The van der Waals surface area contributed by atoms with E-state index in [2.05, 4.69) is 23.6 Å². The van der Waals surface area contributed by atoms with Gasteiger partial charge in [-0.1, -0.05) is 13.0 Å². The van der Waals surface area contributed by atoms with Crippen LogP contribution in [0.5, 0.6) is 5.75 Å². The number of fused-ring (bicyclic) bond motifs is 1. The zero-order valence-electron chi connectivity index (χ0n) is 16.3. The van der Waals surface area contributed by atoms with Crippen molar-refractivity contribution in [3.63, 3.8) is 0 Å². The second-order valence-corrected chi connectivity index (χ2v) is 9.10. The molecule has 7 heteroatoms. The third-order valence-corrected chi connectivity index (χ3v) is 6.69. The summed E-state index contributed by atoms with van der Waals surface area (Å²) in [6, 6.07) is 4.33. The number of carbonyl (C=O) groups is 1. The van der Waals surface area contributed by atoms with Gasteiger partial charge in [0.15, 0.2) is 0 Å². The van der Waals surface area contributed by atoms with E-state index >= 15 is 0 Å². The van der Waals surface area contributed by atoms with E-state index in [0.29, 0.717) is 30.1 Å². The number of nitrogens with one attached hydrogen (secondary N) is 2. The zero-order valence-corrected chi connectivity index (χ0v) is 17.1. The lowest BCUT2D eigenvalue weighted by Gasteiger charge is -2.26. The van der Waals surface area contributed by atoms with Crippen molar-refractivity contribution >= 4 is 21.3 Å². The molecule has 1 aromatic carbocycles. The average molecular weight is 405 g/mol. The molecule has 2 N–H and O–H groups in total. The second-order valence-electron chi connectivity index (χ2n) is 8.18. The van der Waals surface area contributed by atoms with Crippen molar-refractivity contribution < 1.29 is 17.9 Å². The SMILES string of the molecule is CCC(NC(=O)c1cc(CC2CC2)cc2c1OC(=S(=O)=O)CC2)C1CCCN1. The van der Waals surface area contributed by atoms with E-state index in [4.69, 9.17) is 4.74 Å². The number of benzene rings is 1. The molecule has 2 fully saturated rings. The summed E-state index contributed by atoms with van der Waals surface area (Å²) < 4.78 is 28.5. The molecule has 3 aliphatic rings. The minimum absolute atomic E-state index is 0.0148. The fourth-order valence-corrected chi connectivity index (χ4v) is 4.73. The highest BCUT2D eigenvalue weighted by molar-refractivity contribution is 7.72. The van der Waals surface area contributed by atoms with Gasteiger partial charge < -0.3 is 15.4 Å². The Morgan fingerprint density at radius 1 is 1.29 bits per heavy atom. The van der Waals surface area contributed by atoms with Gasteiger partial charge in [-0.2, -0.15) is 8.42 Å². The van der Waals surface area contributed by atoms with Crippen LogP contribution in [-0.2, 0) is 23.1 Å². The van der Waals surface area contributed by atoms with Crippen LogP contribution in [0.25, 0.3) is 0 Å². The molecular formula is C21H28N2O4S. The molecule has 1 saturated carbocycles. The van der Waals surface area contributed by atoms with Crippen LogP contribution in [0.2, 0.25) is 0 Å². The molecule has 152 valence electrons. The molecule has 6 nitrogen and oxygen atoms in total. The van der Waals surface area contributed by atoms with E-state index in [1.165, 1.54) is 12.8 Å².